The third kappa shape index (κ3) is 5.14. The lowest BCUT2D eigenvalue weighted by molar-refractivity contribution is 0.174. The predicted octanol–water partition coefficient (Wildman–Crippen LogP) is 0.0572. The van der Waals surface area contributed by atoms with Crippen molar-refractivity contribution in [1.29, 1.82) is 0 Å². The standard InChI is InChI=1S/C12H19NO4S/c1-17-8-7-13-9-11(14)10-18(15,16)12-5-3-2-4-6-12/h2-6,11,13-14H,7-10H2,1H3. The van der Waals surface area contributed by atoms with E-state index in [0.29, 0.717) is 13.2 Å². The second kappa shape index (κ2) is 7.48. The molecule has 0 saturated heterocycles. The molecule has 102 valence electrons. The van der Waals surface area contributed by atoms with E-state index in [0.717, 1.165) is 0 Å². The average molecular weight is 273 g/mol. The molecule has 0 bridgehead atoms. The largest absolute Gasteiger partial charge is 0.391 e. The van der Waals surface area contributed by atoms with Gasteiger partial charge in [0.15, 0.2) is 9.84 Å². The van der Waals surface area contributed by atoms with Gasteiger partial charge in [-0.15, -0.1) is 0 Å². The van der Waals surface area contributed by atoms with Crippen LogP contribution in [0.3, 0.4) is 0 Å². The highest BCUT2D eigenvalue weighted by molar-refractivity contribution is 7.91. The van der Waals surface area contributed by atoms with Gasteiger partial charge in [-0.2, -0.15) is 0 Å². The minimum Gasteiger partial charge on any atom is -0.391 e. The molecule has 0 amide bonds. The Kier molecular flexibility index (Phi) is 6.28. The summed E-state index contributed by atoms with van der Waals surface area (Å²) < 4.78 is 28.7. The molecule has 0 spiro atoms. The molecule has 5 nitrogen and oxygen atoms in total. The second-order valence-electron chi connectivity index (χ2n) is 3.95. The molecular formula is C12H19NO4S. The smallest absolute Gasteiger partial charge is 0.180 e. The van der Waals surface area contributed by atoms with Crippen LogP contribution in [0, 0.1) is 0 Å². The molecule has 1 unspecified atom stereocenters. The number of nitrogens with one attached hydrogen (secondary N) is 1. The maximum absolute atomic E-state index is 11.9. The highest BCUT2D eigenvalue weighted by Gasteiger charge is 2.18. The van der Waals surface area contributed by atoms with Crippen LogP contribution < -0.4 is 5.32 Å². The summed E-state index contributed by atoms with van der Waals surface area (Å²) in [5.74, 6) is -0.281. The van der Waals surface area contributed by atoms with E-state index in [1.165, 1.54) is 12.1 Å². The molecule has 0 aliphatic rings. The van der Waals surface area contributed by atoms with Crippen LogP contribution in [-0.4, -0.2) is 52.2 Å². The van der Waals surface area contributed by atoms with Crippen LogP contribution in [0.1, 0.15) is 0 Å². The summed E-state index contributed by atoms with van der Waals surface area (Å²) in [5.41, 5.74) is 0. The Morgan fingerprint density at radius 3 is 2.61 bits per heavy atom. The van der Waals surface area contributed by atoms with Crippen LogP contribution in [0.5, 0.6) is 0 Å². The second-order valence-corrected chi connectivity index (χ2v) is 5.98. The summed E-state index contributed by atoms with van der Waals surface area (Å²) in [6, 6.07) is 8.13. The average Bonchev–Trinajstić information content (AvgIpc) is 2.35. The molecule has 0 aliphatic carbocycles. The number of methoxy groups -OCH3 is 1. The quantitative estimate of drug-likeness (QED) is 0.655. The van der Waals surface area contributed by atoms with Gasteiger partial charge >= 0.3 is 0 Å². The Morgan fingerprint density at radius 1 is 1.33 bits per heavy atom. The molecule has 1 aromatic carbocycles. The van der Waals surface area contributed by atoms with Gasteiger partial charge in [-0.3, -0.25) is 0 Å². The molecule has 0 heterocycles. The molecule has 1 rings (SSSR count). The number of rotatable bonds is 8. The zero-order valence-corrected chi connectivity index (χ0v) is 11.2. The minimum absolute atomic E-state index is 0.232. The maximum Gasteiger partial charge on any atom is 0.180 e. The summed E-state index contributed by atoms with van der Waals surface area (Å²) in [6.07, 6.45) is -0.924. The van der Waals surface area contributed by atoms with Crippen molar-refractivity contribution < 1.29 is 18.3 Å². The van der Waals surface area contributed by atoms with E-state index in [2.05, 4.69) is 5.32 Å². The van der Waals surface area contributed by atoms with Gasteiger partial charge in [0.1, 0.15) is 0 Å². The highest BCUT2D eigenvalue weighted by Crippen LogP contribution is 2.10. The van der Waals surface area contributed by atoms with Crippen LogP contribution in [0.25, 0.3) is 0 Å². The summed E-state index contributed by atoms with van der Waals surface area (Å²) in [4.78, 5) is 0.237. The number of aliphatic hydroxyl groups excluding tert-OH is 1. The monoisotopic (exact) mass is 273 g/mol. The van der Waals surface area contributed by atoms with Crippen molar-refractivity contribution in [2.45, 2.75) is 11.0 Å². The SMILES string of the molecule is COCCNCC(O)CS(=O)(=O)c1ccccc1. The van der Waals surface area contributed by atoms with E-state index in [1.54, 1.807) is 25.3 Å². The van der Waals surface area contributed by atoms with Crippen molar-refractivity contribution in [2.75, 3.05) is 32.6 Å². The summed E-state index contributed by atoms with van der Waals surface area (Å²) in [7, 11) is -1.84. The Balaban J connectivity index is 2.46. The third-order valence-electron chi connectivity index (χ3n) is 2.38. The Labute approximate surface area is 108 Å². The van der Waals surface area contributed by atoms with E-state index >= 15 is 0 Å². The number of ether oxygens (including phenoxy) is 1. The first-order valence-electron chi connectivity index (χ1n) is 5.72. The van der Waals surface area contributed by atoms with Gasteiger partial charge in [0, 0.05) is 20.2 Å². The number of hydrogen-bond acceptors (Lipinski definition) is 5. The fourth-order valence-corrected chi connectivity index (χ4v) is 2.87. The normalized spacial score (nSPS) is 13.4. The van der Waals surface area contributed by atoms with E-state index in [1.807, 2.05) is 0 Å². The summed E-state index contributed by atoms with van der Waals surface area (Å²) >= 11 is 0. The Morgan fingerprint density at radius 2 is 2.00 bits per heavy atom. The first kappa shape index (κ1) is 15.1. The maximum atomic E-state index is 11.9. The summed E-state index contributed by atoms with van der Waals surface area (Å²) in [5, 5.41) is 12.6. The van der Waals surface area contributed by atoms with E-state index in [9.17, 15) is 13.5 Å². The van der Waals surface area contributed by atoms with Crippen molar-refractivity contribution >= 4 is 9.84 Å². The molecular weight excluding hydrogens is 254 g/mol. The van der Waals surface area contributed by atoms with Gasteiger partial charge in [0.25, 0.3) is 0 Å². The van der Waals surface area contributed by atoms with Gasteiger partial charge in [-0.25, -0.2) is 8.42 Å². The fraction of sp³-hybridized carbons (Fsp3) is 0.500. The van der Waals surface area contributed by atoms with Gasteiger partial charge < -0.3 is 15.2 Å². The number of aliphatic hydroxyl groups is 1. The van der Waals surface area contributed by atoms with Gasteiger partial charge in [-0.1, -0.05) is 18.2 Å². The number of benzene rings is 1. The van der Waals surface area contributed by atoms with Gasteiger partial charge in [0.2, 0.25) is 0 Å². The first-order valence-corrected chi connectivity index (χ1v) is 7.37. The molecule has 6 heteroatoms. The Bertz CT molecular complexity index is 433. The van der Waals surface area contributed by atoms with Crippen LogP contribution in [-0.2, 0) is 14.6 Å². The molecule has 18 heavy (non-hydrogen) atoms. The molecule has 0 aliphatic heterocycles. The first-order chi connectivity index (χ1) is 8.56. The molecule has 0 fully saturated rings. The van der Waals surface area contributed by atoms with Crippen LogP contribution in [0.4, 0.5) is 0 Å². The third-order valence-corrected chi connectivity index (χ3v) is 4.19. The van der Waals surface area contributed by atoms with E-state index in [-0.39, 0.29) is 17.2 Å². The molecule has 2 N–H and O–H groups in total. The zero-order chi connectivity index (χ0) is 13.4. The van der Waals surface area contributed by atoms with Crippen molar-refractivity contribution in [3.05, 3.63) is 30.3 Å². The van der Waals surface area contributed by atoms with Crippen LogP contribution in [0.2, 0.25) is 0 Å². The topological polar surface area (TPSA) is 75.6 Å². The van der Waals surface area contributed by atoms with Crippen LogP contribution >= 0.6 is 0 Å². The van der Waals surface area contributed by atoms with Crippen molar-refractivity contribution in [1.82, 2.24) is 5.32 Å². The van der Waals surface area contributed by atoms with Gasteiger partial charge in [0.05, 0.1) is 23.4 Å². The summed E-state index contributed by atoms with van der Waals surface area (Å²) in [6.45, 7) is 1.34. The molecule has 0 saturated carbocycles. The number of hydrogen-bond donors (Lipinski definition) is 2. The number of sulfone groups is 1. The van der Waals surface area contributed by atoms with Gasteiger partial charge in [-0.05, 0) is 12.1 Å². The molecule has 0 aromatic heterocycles. The van der Waals surface area contributed by atoms with E-state index < -0.39 is 15.9 Å². The van der Waals surface area contributed by atoms with Crippen molar-refractivity contribution in [3.8, 4) is 0 Å². The molecule has 1 aromatic rings. The molecule has 0 radical (unpaired) electrons. The fourth-order valence-electron chi connectivity index (χ4n) is 1.48. The van der Waals surface area contributed by atoms with Crippen molar-refractivity contribution in [2.24, 2.45) is 0 Å². The Hall–Kier alpha value is -0.950. The molecule has 1 atom stereocenters. The lowest BCUT2D eigenvalue weighted by atomic mass is 10.4. The minimum atomic E-state index is -3.42. The van der Waals surface area contributed by atoms with Crippen molar-refractivity contribution in [3.63, 3.8) is 0 Å². The highest BCUT2D eigenvalue weighted by atomic mass is 32.2. The zero-order valence-electron chi connectivity index (χ0n) is 10.4. The lowest BCUT2D eigenvalue weighted by Crippen LogP contribution is -2.34. The predicted molar refractivity (Wildman–Crippen MR) is 69.2 cm³/mol. The van der Waals surface area contributed by atoms with E-state index in [4.69, 9.17) is 4.74 Å². The van der Waals surface area contributed by atoms with Crippen LogP contribution in [0.15, 0.2) is 35.2 Å². The lowest BCUT2D eigenvalue weighted by Gasteiger charge is -2.12.